The highest BCUT2D eigenvalue weighted by atomic mass is 16.4. The van der Waals surface area contributed by atoms with Crippen molar-refractivity contribution in [1.82, 2.24) is 15.5 Å². The molecule has 15 heteroatoms. The SMILES string of the molecule is NC(N)=NCCCC(N)C(=O)NC(CCCN=C(N)N)C(=O)NC(Cc1ccccc1)C(=O)N1CCCC1C(=O)O. The Bertz CT molecular complexity index is 1090. The maximum absolute atomic E-state index is 13.5. The lowest BCUT2D eigenvalue weighted by Crippen LogP contribution is -2.57. The molecule has 0 bridgehead atoms. The second-order valence-electron chi connectivity index (χ2n) is 9.84. The molecule has 41 heavy (non-hydrogen) atoms. The van der Waals surface area contributed by atoms with Crippen molar-refractivity contribution in [3.63, 3.8) is 0 Å². The first-order chi connectivity index (χ1) is 19.5. The number of guanidine groups is 2. The zero-order chi connectivity index (χ0) is 30.4. The number of hydrogen-bond acceptors (Lipinski definition) is 7. The van der Waals surface area contributed by atoms with E-state index in [1.807, 2.05) is 6.07 Å². The van der Waals surface area contributed by atoms with Crippen molar-refractivity contribution >= 4 is 35.6 Å². The molecule has 226 valence electrons. The molecular formula is C26H42N10O5. The monoisotopic (exact) mass is 574 g/mol. The van der Waals surface area contributed by atoms with Crippen LogP contribution in [0.25, 0.3) is 0 Å². The third-order valence-corrected chi connectivity index (χ3v) is 6.60. The Kier molecular flexibility index (Phi) is 13.3. The third kappa shape index (κ3) is 11.3. The number of aliphatic carboxylic acids is 1. The van der Waals surface area contributed by atoms with Crippen LogP contribution < -0.4 is 39.3 Å². The predicted molar refractivity (Wildman–Crippen MR) is 154 cm³/mol. The minimum atomic E-state index is -1.10. The van der Waals surface area contributed by atoms with Crippen molar-refractivity contribution < 1.29 is 24.3 Å². The van der Waals surface area contributed by atoms with E-state index in [4.69, 9.17) is 28.7 Å². The maximum atomic E-state index is 13.5. The molecule has 0 saturated carbocycles. The molecule has 1 heterocycles. The molecule has 1 aromatic carbocycles. The molecule has 0 radical (unpaired) electrons. The minimum absolute atomic E-state index is 0.0660. The Morgan fingerprint density at radius 2 is 1.49 bits per heavy atom. The highest BCUT2D eigenvalue weighted by Gasteiger charge is 2.38. The van der Waals surface area contributed by atoms with Gasteiger partial charge in [0.1, 0.15) is 18.1 Å². The number of nitrogens with one attached hydrogen (secondary N) is 2. The van der Waals surface area contributed by atoms with Gasteiger partial charge in [0.2, 0.25) is 17.7 Å². The number of carboxylic acid groups (broad SMARTS) is 1. The van der Waals surface area contributed by atoms with Gasteiger partial charge in [-0.1, -0.05) is 30.3 Å². The van der Waals surface area contributed by atoms with E-state index in [-0.39, 0.29) is 44.3 Å². The summed E-state index contributed by atoms with van der Waals surface area (Å²) in [5, 5.41) is 15.0. The molecule has 3 amide bonds. The smallest absolute Gasteiger partial charge is 0.326 e. The van der Waals surface area contributed by atoms with E-state index >= 15 is 0 Å². The van der Waals surface area contributed by atoms with Gasteiger partial charge in [0.15, 0.2) is 11.9 Å². The summed E-state index contributed by atoms with van der Waals surface area (Å²) in [5.41, 5.74) is 28.2. The number of amides is 3. The molecule has 4 unspecified atom stereocenters. The van der Waals surface area contributed by atoms with Crippen molar-refractivity contribution in [2.75, 3.05) is 19.6 Å². The van der Waals surface area contributed by atoms with Crippen molar-refractivity contribution in [3.8, 4) is 0 Å². The first-order valence-electron chi connectivity index (χ1n) is 13.5. The van der Waals surface area contributed by atoms with Crippen molar-refractivity contribution in [2.24, 2.45) is 38.7 Å². The van der Waals surface area contributed by atoms with E-state index in [0.29, 0.717) is 32.2 Å². The average Bonchev–Trinajstić information content (AvgIpc) is 3.42. The standard InChI is InChI=1S/C26H42N10O5/c27-17(9-4-12-32-25(28)29)21(37)34-18(10-5-13-33-26(30)31)22(38)35-19(15-16-7-2-1-3-8-16)23(39)36-14-6-11-20(36)24(40)41/h1-3,7-8,17-20H,4-6,9-15,27H2,(H,34,37)(H,35,38)(H,40,41)(H4,28,29,32)(H4,30,31,33). The van der Waals surface area contributed by atoms with Crippen molar-refractivity contribution in [3.05, 3.63) is 35.9 Å². The molecule has 1 aliphatic heterocycles. The van der Waals surface area contributed by atoms with Crippen LogP contribution in [0.2, 0.25) is 0 Å². The molecule has 1 fully saturated rings. The Balaban J connectivity index is 2.20. The van der Waals surface area contributed by atoms with Crippen LogP contribution in [0.1, 0.15) is 44.1 Å². The van der Waals surface area contributed by atoms with Crippen LogP contribution in [-0.4, -0.2) is 89.4 Å². The molecule has 1 saturated heterocycles. The van der Waals surface area contributed by atoms with E-state index in [1.165, 1.54) is 4.90 Å². The Morgan fingerprint density at radius 3 is 2.07 bits per heavy atom. The lowest BCUT2D eigenvalue weighted by molar-refractivity contribution is -0.149. The minimum Gasteiger partial charge on any atom is -0.480 e. The molecule has 2 rings (SSSR count). The summed E-state index contributed by atoms with van der Waals surface area (Å²) in [4.78, 5) is 60.7. The van der Waals surface area contributed by atoms with Crippen LogP contribution in [0.3, 0.4) is 0 Å². The Hall–Kier alpha value is -4.40. The number of benzene rings is 1. The number of aliphatic imine (C=N–C) groups is 2. The van der Waals surface area contributed by atoms with E-state index in [9.17, 15) is 24.3 Å². The lowest BCUT2D eigenvalue weighted by atomic mass is 10.0. The quantitative estimate of drug-likeness (QED) is 0.0594. The van der Waals surface area contributed by atoms with Gasteiger partial charge in [0.05, 0.1) is 6.04 Å². The Morgan fingerprint density at radius 1 is 0.902 bits per heavy atom. The zero-order valence-electron chi connectivity index (χ0n) is 23.1. The summed E-state index contributed by atoms with van der Waals surface area (Å²) >= 11 is 0. The fourth-order valence-electron chi connectivity index (χ4n) is 4.51. The highest BCUT2D eigenvalue weighted by Crippen LogP contribution is 2.20. The first kappa shape index (κ1) is 32.8. The Labute approximate surface area is 239 Å². The highest BCUT2D eigenvalue weighted by molar-refractivity contribution is 5.94. The second-order valence-corrected chi connectivity index (χ2v) is 9.84. The van der Waals surface area contributed by atoms with Crippen LogP contribution >= 0.6 is 0 Å². The number of likely N-dealkylation sites (tertiary alicyclic amines) is 1. The first-order valence-corrected chi connectivity index (χ1v) is 13.5. The van der Waals surface area contributed by atoms with Gasteiger partial charge in [-0.05, 0) is 44.1 Å². The average molecular weight is 575 g/mol. The van der Waals surface area contributed by atoms with Crippen LogP contribution in [0.15, 0.2) is 40.3 Å². The number of nitrogens with zero attached hydrogens (tertiary/aromatic N) is 3. The normalized spacial score (nSPS) is 16.6. The van der Waals surface area contributed by atoms with Crippen LogP contribution in [0.5, 0.6) is 0 Å². The van der Waals surface area contributed by atoms with Gasteiger partial charge in [-0.15, -0.1) is 0 Å². The topological polar surface area (TPSA) is 271 Å². The molecule has 4 atom stereocenters. The van der Waals surface area contributed by atoms with Gasteiger partial charge in [-0.25, -0.2) is 4.79 Å². The van der Waals surface area contributed by atoms with E-state index in [1.54, 1.807) is 24.3 Å². The molecule has 13 N–H and O–H groups in total. The van der Waals surface area contributed by atoms with Crippen molar-refractivity contribution in [1.29, 1.82) is 0 Å². The van der Waals surface area contributed by atoms with Gasteiger partial charge in [0.25, 0.3) is 0 Å². The molecule has 0 aliphatic carbocycles. The molecular weight excluding hydrogens is 532 g/mol. The van der Waals surface area contributed by atoms with Gasteiger partial charge in [0, 0.05) is 26.1 Å². The summed E-state index contributed by atoms with van der Waals surface area (Å²) in [6, 6.07) is 5.02. The summed E-state index contributed by atoms with van der Waals surface area (Å²) in [5.74, 6) is -2.95. The molecule has 1 aliphatic rings. The second kappa shape index (κ2) is 16.6. The maximum Gasteiger partial charge on any atom is 0.326 e. The van der Waals surface area contributed by atoms with Gasteiger partial charge >= 0.3 is 5.97 Å². The van der Waals surface area contributed by atoms with Gasteiger partial charge in [-0.2, -0.15) is 0 Å². The van der Waals surface area contributed by atoms with E-state index in [2.05, 4.69) is 20.6 Å². The van der Waals surface area contributed by atoms with Crippen LogP contribution in [0.4, 0.5) is 0 Å². The van der Waals surface area contributed by atoms with E-state index < -0.39 is 47.9 Å². The van der Waals surface area contributed by atoms with Crippen LogP contribution in [0, 0.1) is 0 Å². The predicted octanol–water partition coefficient (Wildman–Crippen LogP) is -2.29. The fourth-order valence-corrected chi connectivity index (χ4v) is 4.51. The number of hydrogen-bond donors (Lipinski definition) is 8. The zero-order valence-corrected chi connectivity index (χ0v) is 23.1. The van der Waals surface area contributed by atoms with Crippen LogP contribution in [-0.2, 0) is 25.6 Å². The lowest BCUT2D eigenvalue weighted by Gasteiger charge is -2.29. The summed E-state index contributed by atoms with van der Waals surface area (Å²) in [6.07, 6.45) is 2.22. The third-order valence-electron chi connectivity index (χ3n) is 6.60. The summed E-state index contributed by atoms with van der Waals surface area (Å²) in [7, 11) is 0. The van der Waals surface area contributed by atoms with Gasteiger partial charge < -0.3 is 49.3 Å². The number of nitrogens with two attached hydrogens (primary N) is 5. The number of carbonyl (C=O) groups is 4. The largest absolute Gasteiger partial charge is 0.480 e. The van der Waals surface area contributed by atoms with Crippen molar-refractivity contribution in [2.45, 2.75) is 69.1 Å². The summed E-state index contributed by atoms with van der Waals surface area (Å²) in [6.45, 7) is 0.778. The molecule has 0 spiro atoms. The number of carboxylic acids is 1. The molecule has 1 aromatic rings. The van der Waals surface area contributed by atoms with E-state index in [0.717, 1.165) is 5.56 Å². The number of rotatable bonds is 16. The fraction of sp³-hybridized carbons (Fsp3) is 0.538. The van der Waals surface area contributed by atoms with Gasteiger partial charge in [-0.3, -0.25) is 24.4 Å². The summed E-state index contributed by atoms with van der Waals surface area (Å²) < 4.78 is 0. The molecule has 15 nitrogen and oxygen atoms in total. The number of carbonyl (C=O) groups excluding carboxylic acids is 3. The molecule has 0 aromatic heterocycles.